The van der Waals surface area contributed by atoms with Crippen molar-refractivity contribution in [3.8, 4) is 11.8 Å². The SMILES string of the molecule is CCOc1ccc(C(C#N)C(=O)CC(C)C(C)(C)C)cc1. The number of Topliss-reactive ketones (excluding diaryl/α,β-unsaturated/α-hetero) is 1. The fraction of sp³-hybridized carbons (Fsp3) is 0.556. The molecule has 2 atom stereocenters. The summed E-state index contributed by atoms with van der Waals surface area (Å²) in [4.78, 5) is 12.4. The van der Waals surface area contributed by atoms with Gasteiger partial charge in [0.05, 0.1) is 12.7 Å². The number of nitriles is 1. The Hall–Kier alpha value is -1.82. The summed E-state index contributed by atoms with van der Waals surface area (Å²) in [5.41, 5.74) is 0.807. The lowest BCUT2D eigenvalue weighted by Crippen LogP contribution is -2.23. The van der Waals surface area contributed by atoms with Gasteiger partial charge in [-0.3, -0.25) is 4.79 Å². The van der Waals surface area contributed by atoms with Crippen LogP contribution in [0.2, 0.25) is 0 Å². The predicted molar refractivity (Wildman–Crippen MR) is 84.2 cm³/mol. The number of hydrogen-bond donors (Lipinski definition) is 0. The maximum atomic E-state index is 12.4. The van der Waals surface area contributed by atoms with E-state index in [0.29, 0.717) is 13.0 Å². The Morgan fingerprint density at radius 3 is 2.29 bits per heavy atom. The van der Waals surface area contributed by atoms with Gasteiger partial charge in [0.25, 0.3) is 0 Å². The molecule has 0 amide bonds. The molecule has 0 saturated carbocycles. The standard InChI is InChI=1S/C18H25NO2/c1-6-21-15-9-7-14(8-10-15)16(12-19)17(20)11-13(2)18(3,4)5/h7-10,13,16H,6,11H2,1-5H3. The van der Waals surface area contributed by atoms with E-state index in [1.54, 1.807) is 12.1 Å². The quantitative estimate of drug-likeness (QED) is 0.782. The van der Waals surface area contributed by atoms with E-state index in [4.69, 9.17) is 4.74 Å². The van der Waals surface area contributed by atoms with Crippen LogP contribution in [-0.4, -0.2) is 12.4 Å². The van der Waals surface area contributed by atoms with Crippen molar-refractivity contribution in [1.82, 2.24) is 0 Å². The molecule has 0 bridgehead atoms. The summed E-state index contributed by atoms with van der Waals surface area (Å²) in [6, 6.07) is 9.36. The van der Waals surface area contributed by atoms with Crippen molar-refractivity contribution < 1.29 is 9.53 Å². The molecule has 0 aliphatic rings. The molecular weight excluding hydrogens is 262 g/mol. The van der Waals surface area contributed by atoms with Crippen molar-refractivity contribution in [3.63, 3.8) is 0 Å². The van der Waals surface area contributed by atoms with Crippen molar-refractivity contribution in [2.24, 2.45) is 11.3 Å². The van der Waals surface area contributed by atoms with Crippen LogP contribution in [0.1, 0.15) is 52.5 Å². The van der Waals surface area contributed by atoms with E-state index in [1.807, 2.05) is 19.1 Å². The van der Waals surface area contributed by atoms with Gasteiger partial charge in [0.2, 0.25) is 0 Å². The molecule has 21 heavy (non-hydrogen) atoms. The van der Waals surface area contributed by atoms with E-state index in [2.05, 4.69) is 33.8 Å². The second-order valence-electron chi connectivity index (χ2n) is 6.50. The Bertz CT molecular complexity index is 506. The zero-order chi connectivity index (χ0) is 16.0. The summed E-state index contributed by atoms with van der Waals surface area (Å²) in [6.45, 7) is 10.9. The molecule has 1 aromatic rings. The normalized spacial score (nSPS) is 14.1. The molecule has 1 aromatic carbocycles. The van der Waals surface area contributed by atoms with Crippen LogP contribution in [0.5, 0.6) is 5.75 Å². The highest BCUT2D eigenvalue weighted by atomic mass is 16.5. The van der Waals surface area contributed by atoms with Gasteiger partial charge < -0.3 is 4.74 Å². The van der Waals surface area contributed by atoms with Crippen LogP contribution in [0.25, 0.3) is 0 Å². The summed E-state index contributed by atoms with van der Waals surface area (Å²) >= 11 is 0. The molecule has 2 unspecified atom stereocenters. The van der Waals surface area contributed by atoms with Crippen molar-refractivity contribution >= 4 is 5.78 Å². The highest BCUT2D eigenvalue weighted by Gasteiger charge is 2.27. The van der Waals surface area contributed by atoms with Gasteiger partial charge in [-0.2, -0.15) is 5.26 Å². The maximum Gasteiger partial charge on any atom is 0.154 e. The number of ketones is 1. The first-order chi connectivity index (χ1) is 9.79. The molecule has 0 spiro atoms. The Balaban J connectivity index is 2.83. The van der Waals surface area contributed by atoms with Crippen LogP contribution in [-0.2, 0) is 4.79 Å². The van der Waals surface area contributed by atoms with E-state index >= 15 is 0 Å². The van der Waals surface area contributed by atoms with Crippen LogP contribution in [0, 0.1) is 22.7 Å². The minimum atomic E-state index is -0.689. The van der Waals surface area contributed by atoms with Gasteiger partial charge in [0.1, 0.15) is 11.7 Å². The second kappa shape index (κ2) is 7.26. The fourth-order valence-corrected chi connectivity index (χ4v) is 1.98. The van der Waals surface area contributed by atoms with Crippen LogP contribution in [0.4, 0.5) is 0 Å². The van der Waals surface area contributed by atoms with Gasteiger partial charge >= 0.3 is 0 Å². The highest BCUT2D eigenvalue weighted by Crippen LogP contribution is 2.31. The molecular formula is C18H25NO2. The zero-order valence-corrected chi connectivity index (χ0v) is 13.6. The number of rotatable bonds is 6. The Kier molecular flexibility index (Phi) is 5.96. The molecule has 0 fully saturated rings. The zero-order valence-electron chi connectivity index (χ0n) is 13.6. The second-order valence-corrected chi connectivity index (χ2v) is 6.50. The molecule has 114 valence electrons. The molecule has 3 heteroatoms. The lowest BCUT2D eigenvalue weighted by Gasteiger charge is -2.27. The van der Waals surface area contributed by atoms with Crippen LogP contribution < -0.4 is 4.74 Å². The summed E-state index contributed by atoms with van der Waals surface area (Å²) in [5.74, 6) is 0.298. The van der Waals surface area contributed by atoms with E-state index in [1.165, 1.54) is 0 Å². The highest BCUT2D eigenvalue weighted by molar-refractivity contribution is 5.88. The minimum Gasteiger partial charge on any atom is -0.494 e. The average Bonchev–Trinajstić information content (AvgIpc) is 2.40. The van der Waals surface area contributed by atoms with Gasteiger partial charge in [-0.05, 0) is 36.0 Å². The lowest BCUT2D eigenvalue weighted by atomic mass is 9.77. The molecule has 3 nitrogen and oxygen atoms in total. The van der Waals surface area contributed by atoms with E-state index in [-0.39, 0.29) is 17.1 Å². The Morgan fingerprint density at radius 1 is 1.29 bits per heavy atom. The molecule has 0 heterocycles. The Labute approximate surface area is 127 Å². The molecule has 0 N–H and O–H groups in total. The van der Waals surface area contributed by atoms with Gasteiger partial charge in [-0.25, -0.2) is 0 Å². The van der Waals surface area contributed by atoms with Crippen LogP contribution >= 0.6 is 0 Å². The first kappa shape index (κ1) is 17.2. The summed E-state index contributed by atoms with van der Waals surface area (Å²) in [5, 5.41) is 9.34. The average molecular weight is 287 g/mol. The monoisotopic (exact) mass is 287 g/mol. The molecule has 0 radical (unpaired) electrons. The molecule has 0 aromatic heterocycles. The van der Waals surface area contributed by atoms with Crippen molar-refractivity contribution in [2.75, 3.05) is 6.61 Å². The fourth-order valence-electron chi connectivity index (χ4n) is 1.98. The third-order valence-electron chi connectivity index (χ3n) is 3.96. The molecule has 0 aliphatic carbocycles. The van der Waals surface area contributed by atoms with Crippen LogP contribution in [0.3, 0.4) is 0 Å². The third-order valence-corrected chi connectivity index (χ3v) is 3.96. The van der Waals surface area contributed by atoms with E-state index in [0.717, 1.165) is 11.3 Å². The summed E-state index contributed by atoms with van der Waals surface area (Å²) in [6.07, 6.45) is 0.426. The Morgan fingerprint density at radius 2 is 1.86 bits per heavy atom. The van der Waals surface area contributed by atoms with Crippen molar-refractivity contribution in [2.45, 2.75) is 47.0 Å². The number of ether oxygens (including phenoxy) is 1. The largest absolute Gasteiger partial charge is 0.494 e. The molecule has 0 aliphatic heterocycles. The van der Waals surface area contributed by atoms with Gasteiger partial charge in [-0.1, -0.05) is 39.8 Å². The van der Waals surface area contributed by atoms with Crippen LogP contribution in [0.15, 0.2) is 24.3 Å². The number of carbonyl (C=O) groups excluding carboxylic acids is 1. The molecule has 0 saturated heterocycles. The van der Waals surface area contributed by atoms with Gasteiger partial charge in [-0.15, -0.1) is 0 Å². The van der Waals surface area contributed by atoms with E-state index < -0.39 is 5.92 Å². The number of benzene rings is 1. The number of carbonyl (C=O) groups is 1. The predicted octanol–water partition coefficient (Wildman–Crippen LogP) is 4.33. The van der Waals surface area contributed by atoms with Gasteiger partial charge in [0, 0.05) is 6.42 Å². The van der Waals surface area contributed by atoms with Crippen molar-refractivity contribution in [3.05, 3.63) is 29.8 Å². The minimum absolute atomic E-state index is 0.0101. The first-order valence-electron chi connectivity index (χ1n) is 7.44. The van der Waals surface area contributed by atoms with E-state index in [9.17, 15) is 10.1 Å². The van der Waals surface area contributed by atoms with Gasteiger partial charge in [0.15, 0.2) is 5.78 Å². The first-order valence-corrected chi connectivity index (χ1v) is 7.44. The molecule has 1 rings (SSSR count). The number of hydrogen-bond acceptors (Lipinski definition) is 3. The number of nitrogens with zero attached hydrogens (tertiary/aromatic N) is 1. The topological polar surface area (TPSA) is 50.1 Å². The third kappa shape index (κ3) is 4.90. The lowest BCUT2D eigenvalue weighted by molar-refractivity contribution is -0.120. The van der Waals surface area contributed by atoms with Crippen molar-refractivity contribution in [1.29, 1.82) is 5.26 Å². The summed E-state index contributed by atoms with van der Waals surface area (Å²) < 4.78 is 5.38. The maximum absolute atomic E-state index is 12.4. The smallest absolute Gasteiger partial charge is 0.154 e. The summed E-state index contributed by atoms with van der Waals surface area (Å²) in [7, 11) is 0.